The number of benzene rings is 1. The van der Waals surface area contributed by atoms with Crippen LogP contribution < -0.4 is 30.7 Å². The van der Waals surface area contributed by atoms with E-state index in [4.69, 9.17) is 9.47 Å². The summed E-state index contributed by atoms with van der Waals surface area (Å²) < 4.78 is 10.7. The summed E-state index contributed by atoms with van der Waals surface area (Å²) in [4.78, 5) is 41.0. The van der Waals surface area contributed by atoms with Crippen molar-refractivity contribution in [3.05, 3.63) is 18.2 Å². The summed E-state index contributed by atoms with van der Waals surface area (Å²) >= 11 is 0. The zero-order valence-electron chi connectivity index (χ0n) is 18.1. The van der Waals surface area contributed by atoms with Crippen molar-refractivity contribution in [1.82, 2.24) is 20.9 Å². The highest BCUT2D eigenvalue weighted by Gasteiger charge is 2.49. The molecule has 0 saturated carbocycles. The number of anilines is 1. The van der Waals surface area contributed by atoms with Gasteiger partial charge in [0.1, 0.15) is 6.29 Å². The number of hydrogen-bond acceptors (Lipinski definition) is 7. The predicted molar refractivity (Wildman–Crippen MR) is 114 cm³/mol. The van der Waals surface area contributed by atoms with Crippen LogP contribution in [0.2, 0.25) is 0 Å². The Labute approximate surface area is 186 Å². The van der Waals surface area contributed by atoms with E-state index < -0.39 is 18.0 Å². The molecule has 4 aliphatic heterocycles. The van der Waals surface area contributed by atoms with Crippen molar-refractivity contribution in [3.8, 4) is 11.5 Å². The largest absolute Gasteiger partial charge is 0.454 e. The highest BCUT2D eigenvalue weighted by Crippen LogP contribution is 2.35. The maximum absolute atomic E-state index is 13.2. The Kier molecular flexibility index (Phi) is 5.64. The summed E-state index contributed by atoms with van der Waals surface area (Å²) in [6.45, 7) is 3.17. The smallest absolute Gasteiger partial charge is 0.231 e. The van der Waals surface area contributed by atoms with Gasteiger partial charge < -0.3 is 25.4 Å². The normalized spacial score (nSPS) is 32.0. The maximum Gasteiger partial charge on any atom is 0.231 e. The molecule has 10 heteroatoms. The number of rotatable bonds is 4. The molecule has 172 valence electrons. The van der Waals surface area contributed by atoms with Crippen LogP contribution in [0.3, 0.4) is 0 Å². The van der Waals surface area contributed by atoms with Gasteiger partial charge in [-0.1, -0.05) is 13.3 Å². The molecule has 5 rings (SSSR count). The Morgan fingerprint density at radius 2 is 2.03 bits per heavy atom. The van der Waals surface area contributed by atoms with Gasteiger partial charge in [-0.15, -0.1) is 0 Å². The first-order chi connectivity index (χ1) is 15.5. The molecule has 0 aromatic heterocycles. The number of carbonyl (C=O) groups is 3. The summed E-state index contributed by atoms with van der Waals surface area (Å²) in [5.74, 6) is -1.14. The summed E-state index contributed by atoms with van der Waals surface area (Å²) in [6, 6.07) is 5.48. The first-order valence-electron chi connectivity index (χ1n) is 11.4. The Balaban J connectivity index is 1.31. The van der Waals surface area contributed by atoms with Gasteiger partial charge in [0.15, 0.2) is 11.5 Å². The van der Waals surface area contributed by atoms with Crippen molar-refractivity contribution in [2.24, 2.45) is 11.8 Å². The molecule has 5 unspecified atom stereocenters. The minimum absolute atomic E-state index is 0.0430. The second-order valence-corrected chi connectivity index (χ2v) is 8.81. The number of carbonyl (C=O) groups excluding carboxylic acids is 3. The number of fused-ring (bicyclic) bond motifs is 2. The summed E-state index contributed by atoms with van der Waals surface area (Å²) in [6.07, 6.45) is 3.35. The van der Waals surface area contributed by atoms with E-state index in [1.807, 2.05) is 0 Å². The van der Waals surface area contributed by atoms with Gasteiger partial charge in [0, 0.05) is 30.8 Å². The molecule has 1 aromatic rings. The van der Waals surface area contributed by atoms with E-state index >= 15 is 0 Å². The summed E-state index contributed by atoms with van der Waals surface area (Å²) in [5, 5.41) is 12.1. The lowest BCUT2D eigenvalue weighted by Gasteiger charge is -2.49. The van der Waals surface area contributed by atoms with E-state index in [1.54, 1.807) is 18.2 Å². The molecule has 4 heterocycles. The van der Waals surface area contributed by atoms with Gasteiger partial charge in [0.25, 0.3) is 0 Å². The zero-order chi connectivity index (χ0) is 22.2. The van der Waals surface area contributed by atoms with Gasteiger partial charge in [-0.2, -0.15) is 0 Å². The number of nitrogens with zero attached hydrogens (tertiary/aromatic N) is 1. The Morgan fingerprint density at radius 1 is 1.19 bits per heavy atom. The van der Waals surface area contributed by atoms with Crippen LogP contribution in [-0.2, 0) is 14.4 Å². The molecule has 0 radical (unpaired) electrons. The fraction of sp³-hybridized carbons (Fsp3) is 0.591. The molecule has 32 heavy (non-hydrogen) atoms. The third kappa shape index (κ3) is 3.88. The lowest BCUT2D eigenvalue weighted by atomic mass is 9.81. The van der Waals surface area contributed by atoms with Crippen LogP contribution in [0.25, 0.3) is 0 Å². The van der Waals surface area contributed by atoms with Crippen LogP contribution in [0.5, 0.6) is 11.5 Å². The first kappa shape index (κ1) is 21.0. The Morgan fingerprint density at radius 3 is 2.88 bits per heavy atom. The number of likely N-dealkylation sites (tertiary alicyclic amines) is 1. The summed E-state index contributed by atoms with van der Waals surface area (Å²) in [5.41, 5.74) is 0.530. The number of hydrogen-bond donors (Lipinski definition) is 4. The molecule has 0 bridgehead atoms. The lowest BCUT2D eigenvalue weighted by molar-refractivity contribution is -0.148. The number of amides is 3. The highest BCUT2D eigenvalue weighted by atomic mass is 16.7. The van der Waals surface area contributed by atoms with E-state index in [2.05, 4.69) is 33.1 Å². The van der Waals surface area contributed by atoms with Crippen LogP contribution in [0.15, 0.2) is 18.2 Å². The van der Waals surface area contributed by atoms with Crippen LogP contribution in [-0.4, -0.2) is 54.5 Å². The van der Waals surface area contributed by atoms with Crippen LogP contribution >= 0.6 is 0 Å². The molecule has 0 aliphatic carbocycles. The molecule has 4 aliphatic rings. The van der Waals surface area contributed by atoms with Crippen molar-refractivity contribution >= 4 is 23.4 Å². The molecule has 3 amide bonds. The number of piperidine rings is 2. The first-order valence-corrected chi connectivity index (χ1v) is 11.4. The fourth-order valence-electron chi connectivity index (χ4n) is 5.25. The standard InChI is InChI=1S/C22H29N5O5/c1-2-13-5-3-4-8-27(13)22-25-19-18(21(30)26-22)14(10-17(28)24-19)20(29)23-12-6-7-15-16(9-12)32-11-31-15/h6-7,9,13-14,18-19,22,25H,2-5,8,10-11H2,1H3,(H,23,29)(H,24,28)(H,26,30). The molecular weight excluding hydrogens is 414 g/mol. The maximum atomic E-state index is 13.2. The second kappa shape index (κ2) is 8.59. The van der Waals surface area contributed by atoms with E-state index in [0.717, 1.165) is 25.8 Å². The summed E-state index contributed by atoms with van der Waals surface area (Å²) in [7, 11) is 0. The van der Waals surface area contributed by atoms with Crippen molar-refractivity contribution in [2.45, 2.75) is 57.5 Å². The monoisotopic (exact) mass is 443 g/mol. The predicted octanol–water partition coefficient (Wildman–Crippen LogP) is 0.700. The van der Waals surface area contributed by atoms with E-state index in [-0.39, 0.29) is 37.2 Å². The third-order valence-corrected chi connectivity index (χ3v) is 6.89. The molecular formula is C22H29N5O5. The quantitative estimate of drug-likeness (QED) is 0.541. The van der Waals surface area contributed by atoms with Crippen molar-refractivity contribution in [2.75, 3.05) is 18.7 Å². The minimum Gasteiger partial charge on any atom is -0.454 e. The molecule has 3 fully saturated rings. The van der Waals surface area contributed by atoms with E-state index in [0.29, 0.717) is 23.2 Å². The number of ether oxygens (including phenoxy) is 2. The van der Waals surface area contributed by atoms with Crippen LogP contribution in [0.1, 0.15) is 39.0 Å². The SMILES string of the molecule is CCC1CCCCN1C1NC(=O)C2C(NC(=O)CC2C(=O)Nc2ccc3c(c2)OCO3)N1. The van der Waals surface area contributed by atoms with Crippen molar-refractivity contribution < 1.29 is 23.9 Å². The van der Waals surface area contributed by atoms with E-state index in [9.17, 15) is 14.4 Å². The van der Waals surface area contributed by atoms with Gasteiger partial charge in [0.05, 0.1) is 18.0 Å². The van der Waals surface area contributed by atoms with Gasteiger partial charge in [-0.05, 0) is 31.4 Å². The lowest BCUT2D eigenvalue weighted by Crippen LogP contribution is -2.75. The third-order valence-electron chi connectivity index (χ3n) is 6.89. The zero-order valence-corrected chi connectivity index (χ0v) is 18.1. The van der Waals surface area contributed by atoms with Crippen LogP contribution in [0, 0.1) is 11.8 Å². The Bertz CT molecular complexity index is 924. The van der Waals surface area contributed by atoms with Gasteiger partial charge in [0.2, 0.25) is 24.5 Å². The topological polar surface area (TPSA) is 121 Å². The molecule has 0 spiro atoms. The average molecular weight is 444 g/mol. The molecule has 3 saturated heterocycles. The molecule has 1 aromatic carbocycles. The Hall–Kier alpha value is -2.85. The number of nitrogens with one attached hydrogen (secondary N) is 4. The van der Waals surface area contributed by atoms with Crippen molar-refractivity contribution in [3.63, 3.8) is 0 Å². The van der Waals surface area contributed by atoms with Crippen LogP contribution in [0.4, 0.5) is 5.69 Å². The average Bonchev–Trinajstić information content (AvgIpc) is 3.26. The fourth-order valence-corrected chi connectivity index (χ4v) is 5.25. The molecule has 5 atom stereocenters. The van der Waals surface area contributed by atoms with Crippen molar-refractivity contribution in [1.29, 1.82) is 0 Å². The van der Waals surface area contributed by atoms with Gasteiger partial charge in [-0.3, -0.25) is 24.6 Å². The molecule has 10 nitrogen and oxygen atoms in total. The minimum atomic E-state index is -0.782. The molecule has 4 N–H and O–H groups in total. The highest BCUT2D eigenvalue weighted by molar-refractivity contribution is 6.00. The second-order valence-electron chi connectivity index (χ2n) is 8.81. The van der Waals surface area contributed by atoms with Gasteiger partial charge in [-0.25, -0.2) is 0 Å². The van der Waals surface area contributed by atoms with E-state index in [1.165, 1.54) is 6.42 Å². The van der Waals surface area contributed by atoms with Gasteiger partial charge >= 0.3 is 0 Å².